The minimum atomic E-state index is -0.379. The number of carbonyl (C=O) groups is 1. The molecule has 0 saturated heterocycles. The zero-order chi connectivity index (χ0) is 13.8. The number of rotatable bonds is 5. The molecule has 19 heavy (non-hydrogen) atoms. The number of anilines is 2. The van der Waals surface area contributed by atoms with Crippen molar-refractivity contribution in [2.75, 3.05) is 24.3 Å². The van der Waals surface area contributed by atoms with E-state index in [-0.39, 0.29) is 5.91 Å². The van der Waals surface area contributed by atoms with Gasteiger partial charge in [0.25, 0.3) is 0 Å². The molecule has 1 amide bonds. The molecule has 1 aromatic carbocycles. The fourth-order valence-corrected chi connectivity index (χ4v) is 2.61. The topological polar surface area (TPSA) is 58.4 Å². The summed E-state index contributed by atoms with van der Waals surface area (Å²) in [5, 5.41) is 5.17. The quantitative estimate of drug-likeness (QED) is 0.881. The summed E-state index contributed by atoms with van der Waals surface area (Å²) >= 11 is 1.53. The fourth-order valence-electron chi connectivity index (χ4n) is 1.80. The van der Waals surface area contributed by atoms with Gasteiger partial charge in [0.15, 0.2) is 0 Å². The molecule has 2 aromatic rings. The molecule has 0 saturated carbocycles. The second-order valence-corrected chi connectivity index (χ2v) is 5.43. The molecule has 0 aliphatic rings. The number of thiophene rings is 1. The molecule has 0 atom stereocenters. The summed E-state index contributed by atoms with van der Waals surface area (Å²) in [6.07, 6.45) is 0. The summed E-state index contributed by atoms with van der Waals surface area (Å²) in [5.74, 6) is -0.379. The largest absolute Gasteiger partial charge is 0.378 e. The maximum absolute atomic E-state index is 11.0. The van der Waals surface area contributed by atoms with Crippen molar-refractivity contribution >= 4 is 28.6 Å². The van der Waals surface area contributed by atoms with Crippen LogP contribution < -0.4 is 16.0 Å². The van der Waals surface area contributed by atoms with Gasteiger partial charge in [-0.15, -0.1) is 11.3 Å². The Morgan fingerprint density at radius 3 is 2.74 bits per heavy atom. The highest BCUT2D eigenvalue weighted by molar-refractivity contribution is 7.10. The summed E-state index contributed by atoms with van der Waals surface area (Å²) in [7, 11) is 4.02. The van der Waals surface area contributed by atoms with Crippen molar-refractivity contribution < 1.29 is 4.79 Å². The van der Waals surface area contributed by atoms with Gasteiger partial charge in [-0.3, -0.25) is 4.79 Å². The minimum Gasteiger partial charge on any atom is -0.378 e. The first-order valence-corrected chi connectivity index (χ1v) is 6.83. The predicted molar refractivity (Wildman–Crippen MR) is 80.9 cm³/mol. The Labute approximate surface area is 116 Å². The van der Waals surface area contributed by atoms with E-state index in [0.29, 0.717) is 12.1 Å². The lowest BCUT2D eigenvalue weighted by atomic mass is 10.2. The zero-order valence-corrected chi connectivity index (χ0v) is 11.8. The van der Waals surface area contributed by atoms with Gasteiger partial charge in [-0.05, 0) is 18.2 Å². The number of hydrogen-bond donors (Lipinski definition) is 2. The molecule has 100 valence electrons. The third-order valence-electron chi connectivity index (χ3n) is 2.78. The zero-order valence-electron chi connectivity index (χ0n) is 11.0. The van der Waals surface area contributed by atoms with Crippen LogP contribution in [0.3, 0.4) is 0 Å². The molecule has 0 aliphatic heterocycles. The highest BCUT2D eigenvalue weighted by atomic mass is 32.1. The van der Waals surface area contributed by atoms with Gasteiger partial charge in [0.2, 0.25) is 5.91 Å². The van der Waals surface area contributed by atoms with E-state index in [0.717, 1.165) is 16.3 Å². The van der Waals surface area contributed by atoms with E-state index in [1.54, 1.807) is 5.38 Å². The van der Waals surface area contributed by atoms with E-state index in [1.807, 2.05) is 38.4 Å². The molecule has 0 spiro atoms. The van der Waals surface area contributed by atoms with E-state index in [9.17, 15) is 4.79 Å². The van der Waals surface area contributed by atoms with Gasteiger partial charge in [-0.25, -0.2) is 0 Å². The van der Waals surface area contributed by atoms with Gasteiger partial charge in [-0.1, -0.05) is 12.1 Å². The second kappa shape index (κ2) is 5.75. The van der Waals surface area contributed by atoms with Crippen LogP contribution in [0.25, 0.3) is 0 Å². The number of nitrogens with one attached hydrogen (secondary N) is 1. The van der Waals surface area contributed by atoms with Crippen molar-refractivity contribution in [2.45, 2.75) is 6.54 Å². The van der Waals surface area contributed by atoms with Gasteiger partial charge in [0, 0.05) is 30.9 Å². The van der Waals surface area contributed by atoms with Crippen LogP contribution in [-0.2, 0) is 6.54 Å². The third-order valence-corrected chi connectivity index (χ3v) is 3.71. The number of carbonyl (C=O) groups excluding carboxylic acids is 1. The number of nitrogens with zero attached hydrogens (tertiary/aromatic N) is 1. The van der Waals surface area contributed by atoms with Crippen LogP contribution in [0.1, 0.15) is 15.2 Å². The van der Waals surface area contributed by atoms with E-state index < -0.39 is 0 Å². The van der Waals surface area contributed by atoms with Gasteiger partial charge < -0.3 is 16.0 Å². The molecule has 1 heterocycles. The van der Waals surface area contributed by atoms with E-state index in [1.165, 1.54) is 11.3 Å². The van der Waals surface area contributed by atoms with Gasteiger partial charge in [0.1, 0.15) is 0 Å². The first kappa shape index (κ1) is 13.4. The highest BCUT2D eigenvalue weighted by Gasteiger charge is 2.06. The van der Waals surface area contributed by atoms with Crippen LogP contribution in [0.2, 0.25) is 0 Å². The Bertz CT molecular complexity index is 578. The first-order chi connectivity index (χ1) is 9.08. The van der Waals surface area contributed by atoms with Crippen LogP contribution in [-0.4, -0.2) is 20.0 Å². The number of hydrogen-bond acceptors (Lipinski definition) is 4. The number of para-hydroxylation sites is 2. The lowest BCUT2D eigenvalue weighted by Gasteiger charge is -2.18. The molecule has 0 radical (unpaired) electrons. The molecule has 0 aliphatic carbocycles. The number of primary amides is 1. The van der Waals surface area contributed by atoms with Crippen LogP contribution >= 0.6 is 11.3 Å². The molecule has 1 aromatic heterocycles. The highest BCUT2D eigenvalue weighted by Crippen LogP contribution is 2.25. The summed E-state index contributed by atoms with van der Waals surface area (Å²) < 4.78 is 0. The van der Waals surface area contributed by atoms with E-state index >= 15 is 0 Å². The molecular formula is C14H17N3OS. The van der Waals surface area contributed by atoms with Gasteiger partial charge in [-0.2, -0.15) is 0 Å². The van der Waals surface area contributed by atoms with E-state index in [2.05, 4.69) is 16.3 Å². The Kier molecular flexibility index (Phi) is 4.06. The average Bonchev–Trinajstić information content (AvgIpc) is 2.85. The van der Waals surface area contributed by atoms with Crippen molar-refractivity contribution in [3.8, 4) is 0 Å². The number of benzene rings is 1. The molecule has 0 fully saturated rings. The minimum absolute atomic E-state index is 0.379. The Balaban J connectivity index is 2.08. The summed E-state index contributed by atoms with van der Waals surface area (Å²) in [6, 6.07) is 9.94. The van der Waals surface area contributed by atoms with Crippen molar-refractivity contribution in [2.24, 2.45) is 5.73 Å². The summed E-state index contributed by atoms with van der Waals surface area (Å²) in [5.41, 5.74) is 8.02. The summed E-state index contributed by atoms with van der Waals surface area (Å²) in [4.78, 5) is 14.2. The van der Waals surface area contributed by atoms with Crippen LogP contribution in [0.4, 0.5) is 11.4 Å². The monoisotopic (exact) mass is 275 g/mol. The van der Waals surface area contributed by atoms with Gasteiger partial charge >= 0.3 is 0 Å². The Hall–Kier alpha value is -2.01. The normalized spacial score (nSPS) is 10.2. The molecular weight excluding hydrogens is 258 g/mol. The predicted octanol–water partition coefficient (Wildman–Crippen LogP) is 2.53. The van der Waals surface area contributed by atoms with Crippen molar-refractivity contribution in [3.05, 3.63) is 46.2 Å². The fraction of sp³-hybridized carbons (Fsp3) is 0.214. The van der Waals surface area contributed by atoms with Crippen molar-refractivity contribution in [3.63, 3.8) is 0 Å². The second-order valence-electron chi connectivity index (χ2n) is 4.43. The third kappa shape index (κ3) is 3.26. The first-order valence-electron chi connectivity index (χ1n) is 5.95. The molecule has 5 heteroatoms. The van der Waals surface area contributed by atoms with E-state index in [4.69, 9.17) is 5.73 Å². The number of nitrogens with two attached hydrogens (primary N) is 1. The maximum atomic E-state index is 11.0. The average molecular weight is 275 g/mol. The SMILES string of the molecule is CN(C)c1ccccc1NCc1cc(C(N)=O)cs1. The molecule has 4 nitrogen and oxygen atoms in total. The van der Waals surface area contributed by atoms with Crippen molar-refractivity contribution in [1.82, 2.24) is 0 Å². The standard InChI is InChI=1S/C14H17N3OS/c1-17(2)13-6-4-3-5-12(13)16-8-11-7-10(9-19-11)14(15)18/h3-7,9,16H,8H2,1-2H3,(H2,15,18). The molecule has 2 rings (SSSR count). The number of amides is 1. The summed E-state index contributed by atoms with van der Waals surface area (Å²) in [6.45, 7) is 0.683. The molecule has 0 unspecified atom stereocenters. The smallest absolute Gasteiger partial charge is 0.249 e. The van der Waals surface area contributed by atoms with Crippen LogP contribution in [0, 0.1) is 0 Å². The molecule has 3 N–H and O–H groups in total. The maximum Gasteiger partial charge on any atom is 0.249 e. The lowest BCUT2D eigenvalue weighted by Crippen LogP contribution is -2.12. The lowest BCUT2D eigenvalue weighted by molar-refractivity contribution is 0.100. The Morgan fingerprint density at radius 1 is 1.37 bits per heavy atom. The molecule has 0 bridgehead atoms. The Morgan fingerprint density at radius 2 is 2.11 bits per heavy atom. The van der Waals surface area contributed by atoms with Gasteiger partial charge in [0.05, 0.1) is 16.9 Å². The van der Waals surface area contributed by atoms with Crippen LogP contribution in [0.5, 0.6) is 0 Å². The van der Waals surface area contributed by atoms with Crippen molar-refractivity contribution in [1.29, 1.82) is 0 Å². The van der Waals surface area contributed by atoms with Crippen LogP contribution in [0.15, 0.2) is 35.7 Å².